The molecule has 0 fully saturated rings. The molecule has 0 saturated heterocycles. The highest BCUT2D eigenvalue weighted by atomic mass is 16.6. The van der Waals surface area contributed by atoms with Crippen LogP contribution in [0.5, 0.6) is 11.5 Å². The van der Waals surface area contributed by atoms with Crippen LogP contribution in [0.1, 0.15) is 53.7 Å². The van der Waals surface area contributed by atoms with Crippen molar-refractivity contribution in [3.05, 3.63) is 70.5 Å². The summed E-state index contributed by atoms with van der Waals surface area (Å²) in [6.45, 7) is 6.02. The van der Waals surface area contributed by atoms with Gasteiger partial charge in [-0.2, -0.15) is 0 Å². The van der Waals surface area contributed by atoms with E-state index in [0.29, 0.717) is 16.9 Å². The first-order valence-corrected chi connectivity index (χ1v) is 9.53. The number of phenolic OH excluding ortho intramolecular Hbond substituents is 1. The molecule has 0 saturated carbocycles. The highest BCUT2D eigenvalue weighted by Crippen LogP contribution is 2.55. The van der Waals surface area contributed by atoms with Gasteiger partial charge in [-0.3, -0.25) is 0 Å². The number of carbonyl (C=O) groups is 1. The Morgan fingerprint density at radius 3 is 2.66 bits per heavy atom. The molecule has 0 aromatic heterocycles. The molecule has 2 aromatic carbocycles. The molecule has 3 unspecified atom stereocenters. The predicted octanol–water partition coefficient (Wildman–Crippen LogP) is 4.40. The molecule has 2 aromatic rings. The zero-order valence-electron chi connectivity index (χ0n) is 16.5. The van der Waals surface area contributed by atoms with Gasteiger partial charge in [0.25, 0.3) is 0 Å². The van der Waals surface area contributed by atoms with Gasteiger partial charge in [0.1, 0.15) is 17.6 Å². The van der Waals surface area contributed by atoms with Crippen LogP contribution < -0.4 is 4.74 Å². The molecule has 4 rings (SSSR count). The second-order valence-corrected chi connectivity index (χ2v) is 7.83. The number of carbonyl (C=O) groups excluding carboxylic acids is 1. The number of ether oxygens (including phenoxy) is 2. The largest absolute Gasteiger partial charge is 0.508 e. The van der Waals surface area contributed by atoms with Crippen LogP contribution in [0.25, 0.3) is 0 Å². The van der Waals surface area contributed by atoms with Crippen molar-refractivity contribution in [1.82, 2.24) is 0 Å². The van der Waals surface area contributed by atoms with Gasteiger partial charge >= 0.3 is 5.97 Å². The van der Waals surface area contributed by atoms with Crippen LogP contribution in [0.4, 0.5) is 0 Å². The molecular weight excluding hydrogens is 368 g/mol. The minimum absolute atomic E-state index is 0.0251. The number of aromatic hydroxyl groups is 1. The van der Waals surface area contributed by atoms with Crippen LogP contribution in [-0.4, -0.2) is 22.3 Å². The number of phenols is 1. The van der Waals surface area contributed by atoms with Crippen molar-refractivity contribution in [2.24, 2.45) is 5.92 Å². The molecule has 2 aliphatic heterocycles. The summed E-state index contributed by atoms with van der Waals surface area (Å²) in [5, 5.41) is 19.9. The molecular formula is C24H22O5. The number of aliphatic hydroxyl groups excluding tert-OH is 1. The first-order chi connectivity index (χ1) is 13.8. The molecule has 1 spiro atoms. The van der Waals surface area contributed by atoms with Gasteiger partial charge in [0.05, 0.1) is 5.56 Å². The quantitative estimate of drug-likeness (QED) is 0.452. The Balaban J connectivity index is 1.97. The molecule has 2 aliphatic rings. The number of terminal acetylenes is 1. The van der Waals surface area contributed by atoms with Gasteiger partial charge in [-0.05, 0) is 35.6 Å². The lowest BCUT2D eigenvalue weighted by molar-refractivity contribution is -0.0511. The van der Waals surface area contributed by atoms with E-state index < -0.39 is 17.7 Å². The number of fused-ring (bicyclic) bond motifs is 4. The smallest absolute Gasteiger partial charge is 0.339 e. The van der Waals surface area contributed by atoms with Crippen LogP contribution >= 0.6 is 0 Å². The summed E-state index contributed by atoms with van der Waals surface area (Å²) in [6, 6.07) is 10.5. The third-order valence-corrected chi connectivity index (χ3v) is 5.82. The maximum absolute atomic E-state index is 12.9. The summed E-state index contributed by atoms with van der Waals surface area (Å²) < 4.78 is 12.1. The first-order valence-electron chi connectivity index (χ1n) is 9.53. The molecule has 148 valence electrons. The molecule has 5 heteroatoms. The Bertz CT molecular complexity index is 1080. The Kier molecular flexibility index (Phi) is 4.31. The fourth-order valence-electron chi connectivity index (χ4n) is 4.23. The van der Waals surface area contributed by atoms with Crippen molar-refractivity contribution in [2.75, 3.05) is 0 Å². The number of aliphatic hydroxyl groups is 1. The fourth-order valence-corrected chi connectivity index (χ4v) is 4.23. The fraction of sp³-hybridized carbons (Fsp3) is 0.292. The Hall–Kier alpha value is -3.39. The minimum atomic E-state index is -1.11. The third-order valence-electron chi connectivity index (χ3n) is 5.82. The minimum Gasteiger partial charge on any atom is -0.508 e. The lowest BCUT2D eigenvalue weighted by Crippen LogP contribution is -2.47. The summed E-state index contributed by atoms with van der Waals surface area (Å²) in [7, 11) is 0. The van der Waals surface area contributed by atoms with Gasteiger partial charge in [-0.25, -0.2) is 4.79 Å². The zero-order valence-corrected chi connectivity index (χ0v) is 16.5. The van der Waals surface area contributed by atoms with Crippen LogP contribution in [0.2, 0.25) is 0 Å². The van der Waals surface area contributed by atoms with E-state index in [1.807, 2.05) is 25.1 Å². The van der Waals surface area contributed by atoms with E-state index in [1.54, 1.807) is 12.1 Å². The van der Waals surface area contributed by atoms with Crippen LogP contribution in [0.3, 0.4) is 0 Å². The summed E-state index contributed by atoms with van der Waals surface area (Å²) in [4.78, 5) is 12.9. The maximum atomic E-state index is 12.9. The van der Waals surface area contributed by atoms with E-state index in [-0.39, 0.29) is 23.3 Å². The van der Waals surface area contributed by atoms with Crippen LogP contribution in [0.15, 0.2) is 48.2 Å². The number of hydrogen-bond donors (Lipinski definition) is 2. The maximum Gasteiger partial charge on any atom is 0.339 e. The second-order valence-electron chi connectivity index (χ2n) is 7.83. The van der Waals surface area contributed by atoms with Crippen LogP contribution in [-0.2, 0) is 10.3 Å². The number of esters is 1. The number of hydrogen-bond acceptors (Lipinski definition) is 5. The first kappa shape index (κ1) is 18.9. The van der Waals surface area contributed by atoms with Gasteiger partial charge < -0.3 is 19.7 Å². The molecule has 0 radical (unpaired) electrons. The molecule has 2 heterocycles. The van der Waals surface area contributed by atoms with E-state index in [4.69, 9.17) is 15.9 Å². The SMILES string of the molecule is C#C/C(O)=C\C1Oc2cc(O)ccc2C2(OC(=O)c3cc(C(C)C)ccc32)C1C. The van der Waals surface area contributed by atoms with Crippen molar-refractivity contribution in [3.8, 4) is 23.8 Å². The normalized spacial score (nSPS) is 25.2. The number of allylic oxidation sites excluding steroid dienone is 1. The van der Waals surface area contributed by atoms with E-state index in [0.717, 1.165) is 11.1 Å². The third kappa shape index (κ3) is 2.75. The average molecular weight is 390 g/mol. The van der Waals surface area contributed by atoms with Crippen molar-refractivity contribution >= 4 is 5.97 Å². The Morgan fingerprint density at radius 2 is 1.97 bits per heavy atom. The highest BCUT2D eigenvalue weighted by molar-refractivity contribution is 5.96. The van der Waals surface area contributed by atoms with E-state index >= 15 is 0 Å². The Labute approximate surface area is 169 Å². The second kappa shape index (κ2) is 6.59. The molecule has 0 amide bonds. The molecule has 0 bridgehead atoms. The lowest BCUT2D eigenvalue weighted by atomic mass is 9.72. The number of benzene rings is 2. The van der Waals surface area contributed by atoms with Crippen molar-refractivity contribution in [3.63, 3.8) is 0 Å². The van der Waals surface area contributed by atoms with Crippen molar-refractivity contribution in [2.45, 2.75) is 38.4 Å². The summed E-state index contributed by atoms with van der Waals surface area (Å²) in [6.07, 6.45) is 6.05. The van der Waals surface area contributed by atoms with Gasteiger partial charge in [0.2, 0.25) is 0 Å². The summed E-state index contributed by atoms with van der Waals surface area (Å²) in [5.41, 5.74) is 1.85. The van der Waals surface area contributed by atoms with Gasteiger partial charge in [-0.15, -0.1) is 6.42 Å². The van der Waals surface area contributed by atoms with Gasteiger partial charge in [-0.1, -0.05) is 32.9 Å². The molecule has 2 N–H and O–H groups in total. The molecule has 0 aliphatic carbocycles. The number of rotatable bonds is 2. The molecule has 5 nitrogen and oxygen atoms in total. The predicted molar refractivity (Wildman–Crippen MR) is 108 cm³/mol. The van der Waals surface area contributed by atoms with E-state index in [2.05, 4.69) is 19.8 Å². The zero-order chi connectivity index (χ0) is 20.9. The van der Waals surface area contributed by atoms with Gasteiger partial charge in [0, 0.05) is 29.2 Å². The van der Waals surface area contributed by atoms with Crippen molar-refractivity contribution < 1.29 is 24.5 Å². The van der Waals surface area contributed by atoms with E-state index in [9.17, 15) is 15.0 Å². The van der Waals surface area contributed by atoms with Gasteiger partial charge in [0.15, 0.2) is 11.4 Å². The summed E-state index contributed by atoms with van der Waals surface area (Å²) in [5.74, 6) is 1.79. The Morgan fingerprint density at radius 1 is 1.24 bits per heavy atom. The van der Waals surface area contributed by atoms with Crippen molar-refractivity contribution in [1.29, 1.82) is 0 Å². The van der Waals surface area contributed by atoms with Crippen LogP contribution in [0, 0.1) is 18.3 Å². The average Bonchev–Trinajstić information content (AvgIpc) is 2.98. The molecule has 3 atom stereocenters. The molecule has 29 heavy (non-hydrogen) atoms. The topological polar surface area (TPSA) is 76.0 Å². The monoisotopic (exact) mass is 390 g/mol. The lowest BCUT2D eigenvalue weighted by Gasteiger charge is -2.43. The van der Waals surface area contributed by atoms with E-state index in [1.165, 1.54) is 12.1 Å². The standard InChI is InChI=1S/C24H22O5/c1-5-16(25)11-21-14(4)24(20-9-7-17(26)12-22(20)28-21)19-8-6-15(13(2)3)10-18(19)23(27)29-24/h1,6-14,21,25-26H,2-4H3/b16-11+. The highest BCUT2D eigenvalue weighted by Gasteiger charge is 2.57. The summed E-state index contributed by atoms with van der Waals surface area (Å²) >= 11 is 0.